The molecule has 0 saturated heterocycles. The summed E-state index contributed by atoms with van der Waals surface area (Å²) in [5.74, 6) is 5.67. The summed E-state index contributed by atoms with van der Waals surface area (Å²) in [6, 6.07) is 7.83. The van der Waals surface area contributed by atoms with Crippen LogP contribution in [0.4, 0.5) is 0 Å². The minimum Gasteiger partial charge on any atom is -0.272 e. The predicted octanol–water partition coefficient (Wildman–Crippen LogP) is 2.89. The lowest BCUT2D eigenvalue weighted by atomic mass is 10.0. The van der Waals surface area contributed by atoms with E-state index in [0.29, 0.717) is 5.02 Å². The molecule has 1 aromatic carbocycles. The Balaban J connectivity index is 2.27. The van der Waals surface area contributed by atoms with Gasteiger partial charge in [-0.25, -0.2) is 0 Å². The van der Waals surface area contributed by atoms with E-state index in [2.05, 4.69) is 32.5 Å². The van der Waals surface area contributed by atoms with Crippen molar-refractivity contribution in [3.63, 3.8) is 0 Å². The minimum atomic E-state index is -0.00944. The Morgan fingerprint density at radius 3 is 2.68 bits per heavy atom. The smallest absolute Gasteiger partial charge is 0.0596 e. The summed E-state index contributed by atoms with van der Waals surface area (Å²) >= 11 is 9.52. The van der Waals surface area contributed by atoms with Gasteiger partial charge < -0.3 is 0 Å². The standard InChI is InChI=1S/C13H16BrClN4/c1-8-3-12(19(2)18-8)7-13(17-16)9-4-10(14)6-11(15)5-9/h3-6,13,17H,7,16H2,1-2H3. The number of aryl methyl sites for hydroxylation is 2. The molecule has 1 aromatic heterocycles. The quantitative estimate of drug-likeness (QED) is 0.663. The van der Waals surface area contributed by atoms with E-state index in [9.17, 15) is 0 Å². The molecule has 1 atom stereocenters. The van der Waals surface area contributed by atoms with Crippen molar-refractivity contribution < 1.29 is 0 Å². The number of benzene rings is 1. The lowest BCUT2D eigenvalue weighted by Gasteiger charge is -2.17. The van der Waals surface area contributed by atoms with E-state index in [4.69, 9.17) is 17.4 Å². The Labute approximate surface area is 126 Å². The second-order valence-corrected chi connectivity index (χ2v) is 5.88. The fourth-order valence-electron chi connectivity index (χ4n) is 2.11. The van der Waals surface area contributed by atoms with Crippen LogP contribution >= 0.6 is 27.5 Å². The number of nitrogens with two attached hydrogens (primary N) is 1. The van der Waals surface area contributed by atoms with Crippen molar-refractivity contribution in [2.24, 2.45) is 12.9 Å². The Kier molecular flexibility index (Phi) is 4.62. The Morgan fingerprint density at radius 2 is 2.16 bits per heavy atom. The number of halogens is 2. The summed E-state index contributed by atoms with van der Waals surface area (Å²) in [4.78, 5) is 0. The lowest BCUT2D eigenvalue weighted by molar-refractivity contribution is 0.530. The molecule has 19 heavy (non-hydrogen) atoms. The lowest BCUT2D eigenvalue weighted by Crippen LogP contribution is -2.30. The van der Waals surface area contributed by atoms with Crippen molar-refractivity contribution in [3.05, 3.63) is 50.7 Å². The number of hydrogen-bond acceptors (Lipinski definition) is 3. The molecular weight excluding hydrogens is 328 g/mol. The summed E-state index contributed by atoms with van der Waals surface area (Å²) < 4.78 is 2.82. The zero-order chi connectivity index (χ0) is 14.0. The van der Waals surface area contributed by atoms with E-state index in [1.54, 1.807) is 0 Å². The van der Waals surface area contributed by atoms with Crippen molar-refractivity contribution in [2.45, 2.75) is 19.4 Å². The van der Waals surface area contributed by atoms with Crippen LogP contribution in [0.15, 0.2) is 28.7 Å². The van der Waals surface area contributed by atoms with Gasteiger partial charge >= 0.3 is 0 Å². The van der Waals surface area contributed by atoms with Gasteiger partial charge in [0.05, 0.1) is 11.7 Å². The first-order chi connectivity index (χ1) is 8.99. The minimum absolute atomic E-state index is 0.00944. The molecule has 2 aromatic rings. The van der Waals surface area contributed by atoms with Gasteiger partial charge in [0.15, 0.2) is 0 Å². The van der Waals surface area contributed by atoms with Gasteiger partial charge in [-0.05, 0) is 36.8 Å². The maximum Gasteiger partial charge on any atom is 0.0596 e. The highest BCUT2D eigenvalue weighted by atomic mass is 79.9. The fourth-order valence-corrected chi connectivity index (χ4v) is 3.00. The van der Waals surface area contributed by atoms with Gasteiger partial charge in [-0.15, -0.1) is 0 Å². The summed E-state index contributed by atoms with van der Waals surface area (Å²) in [6.07, 6.45) is 0.751. The van der Waals surface area contributed by atoms with E-state index in [0.717, 1.165) is 27.8 Å². The van der Waals surface area contributed by atoms with Crippen molar-refractivity contribution in [1.82, 2.24) is 15.2 Å². The van der Waals surface area contributed by atoms with E-state index >= 15 is 0 Å². The van der Waals surface area contributed by atoms with Crippen LogP contribution in [-0.2, 0) is 13.5 Å². The molecule has 6 heteroatoms. The van der Waals surface area contributed by atoms with Crippen LogP contribution in [0.25, 0.3) is 0 Å². The number of hydrogen-bond donors (Lipinski definition) is 2. The van der Waals surface area contributed by atoms with Crippen molar-refractivity contribution >= 4 is 27.5 Å². The molecule has 0 bridgehead atoms. The number of nitrogens with zero attached hydrogens (tertiary/aromatic N) is 2. The first-order valence-corrected chi connectivity index (χ1v) is 7.08. The van der Waals surface area contributed by atoms with Crippen LogP contribution in [0.1, 0.15) is 23.0 Å². The van der Waals surface area contributed by atoms with Crippen LogP contribution < -0.4 is 11.3 Å². The van der Waals surface area contributed by atoms with E-state index in [1.807, 2.05) is 36.9 Å². The average Bonchev–Trinajstić information content (AvgIpc) is 2.63. The van der Waals surface area contributed by atoms with Gasteiger partial charge in [0, 0.05) is 28.7 Å². The highest BCUT2D eigenvalue weighted by molar-refractivity contribution is 9.10. The molecule has 0 aliphatic heterocycles. The van der Waals surface area contributed by atoms with E-state index in [-0.39, 0.29) is 6.04 Å². The molecule has 0 aliphatic rings. The zero-order valence-corrected chi connectivity index (χ0v) is 13.2. The normalized spacial score (nSPS) is 12.7. The predicted molar refractivity (Wildman–Crippen MR) is 80.9 cm³/mol. The highest BCUT2D eigenvalue weighted by Crippen LogP contribution is 2.25. The van der Waals surface area contributed by atoms with Gasteiger partial charge in [0.2, 0.25) is 0 Å². The fraction of sp³-hybridized carbons (Fsp3) is 0.308. The third kappa shape index (κ3) is 3.57. The summed E-state index contributed by atoms with van der Waals surface area (Å²) in [6.45, 7) is 1.98. The SMILES string of the molecule is Cc1cc(CC(NN)c2cc(Cl)cc(Br)c2)n(C)n1. The van der Waals surface area contributed by atoms with Crippen molar-refractivity contribution in [1.29, 1.82) is 0 Å². The average molecular weight is 344 g/mol. The molecule has 0 saturated carbocycles. The zero-order valence-electron chi connectivity index (χ0n) is 10.8. The van der Waals surface area contributed by atoms with E-state index < -0.39 is 0 Å². The summed E-state index contributed by atoms with van der Waals surface area (Å²) in [7, 11) is 1.93. The van der Waals surface area contributed by atoms with E-state index in [1.165, 1.54) is 0 Å². The molecule has 4 nitrogen and oxygen atoms in total. The molecule has 0 radical (unpaired) electrons. The van der Waals surface area contributed by atoms with Crippen LogP contribution in [0.5, 0.6) is 0 Å². The molecule has 1 unspecified atom stereocenters. The third-order valence-electron chi connectivity index (χ3n) is 3.00. The molecule has 0 fully saturated rings. The second kappa shape index (κ2) is 6.05. The number of rotatable bonds is 4. The van der Waals surface area contributed by atoms with Crippen LogP contribution in [0, 0.1) is 6.92 Å². The number of hydrazine groups is 1. The molecule has 102 valence electrons. The van der Waals surface area contributed by atoms with Crippen molar-refractivity contribution in [2.75, 3.05) is 0 Å². The van der Waals surface area contributed by atoms with Crippen LogP contribution in [-0.4, -0.2) is 9.78 Å². The number of aromatic nitrogens is 2. The third-order valence-corrected chi connectivity index (χ3v) is 3.68. The largest absolute Gasteiger partial charge is 0.272 e. The van der Waals surface area contributed by atoms with Crippen LogP contribution in [0.3, 0.4) is 0 Å². The Bertz CT molecular complexity index is 562. The topological polar surface area (TPSA) is 55.9 Å². The van der Waals surface area contributed by atoms with Gasteiger partial charge in [0.25, 0.3) is 0 Å². The molecule has 1 heterocycles. The van der Waals surface area contributed by atoms with Crippen molar-refractivity contribution in [3.8, 4) is 0 Å². The molecule has 0 aliphatic carbocycles. The van der Waals surface area contributed by atoms with Crippen LogP contribution in [0.2, 0.25) is 5.02 Å². The molecule has 0 amide bonds. The first kappa shape index (κ1) is 14.5. The highest BCUT2D eigenvalue weighted by Gasteiger charge is 2.14. The summed E-state index contributed by atoms with van der Waals surface area (Å²) in [5.41, 5.74) is 6.00. The summed E-state index contributed by atoms with van der Waals surface area (Å²) in [5, 5.41) is 5.03. The number of nitrogens with one attached hydrogen (secondary N) is 1. The molecule has 2 rings (SSSR count). The van der Waals surface area contributed by atoms with Gasteiger partial charge in [0.1, 0.15) is 0 Å². The molecule has 0 spiro atoms. The molecular formula is C13H16BrClN4. The first-order valence-electron chi connectivity index (χ1n) is 5.91. The van der Waals surface area contributed by atoms with Gasteiger partial charge in [-0.1, -0.05) is 27.5 Å². The van der Waals surface area contributed by atoms with Gasteiger partial charge in [-0.2, -0.15) is 5.10 Å². The maximum atomic E-state index is 6.07. The Hall–Kier alpha value is -0.880. The molecule has 3 N–H and O–H groups in total. The Morgan fingerprint density at radius 1 is 1.42 bits per heavy atom. The maximum absolute atomic E-state index is 6.07. The second-order valence-electron chi connectivity index (χ2n) is 4.53. The van der Waals surface area contributed by atoms with Gasteiger partial charge in [-0.3, -0.25) is 16.0 Å². The monoisotopic (exact) mass is 342 g/mol.